The van der Waals surface area contributed by atoms with Crippen molar-refractivity contribution in [3.8, 4) is 0 Å². The Labute approximate surface area is 118 Å². The molecule has 1 unspecified atom stereocenters. The van der Waals surface area contributed by atoms with Crippen molar-refractivity contribution >= 4 is 22.9 Å². The molecule has 18 heavy (non-hydrogen) atoms. The Bertz CT molecular complexity index is 519. The first-order valence-electron chi connectivity index (χ1n) is 6.16. The molecule has 2 aromatic rings. The zero-order valence-electron chi connectivity index (χ0n) is 10.7. The van der Waals surface area contributed by atoms with Crippen molar-refractivity contribution in [2.45, 2.75) is 26.3 Å². The Morgan fingerprint density at radius 3 is 2.61 bits per heavy atom. The molecule has 96 valence electrons. The van der Waals surface area contributed by atoms with Gasteiger partial charge in [0.15, 0.2) is 0 Å². The molecule has 0 amide bonds. The number of halogens is 1. The highest BCUT2D eigenvalue weighted by atomic mass is 35.5. The van der Waals surface area contributed by atoms with Crippen molar-refractivity contribution in [3.05, 3.63) is 56.7 Å². The topological polar surface area (TPSA) is 26.0 Å². The summed E-state index contributed by atoms with van der Waals surface area (Å²) in [5.74, 6) is 0.660. The van der Waals surface area contributed by atoms with Crippen LogP contribution in [0.1, 0.15) is 35.9 Å². The monoisotopic (exact) mass is 279 g/mol. The van der Waals surface area contributed by atoms with E-state index in [1.807, 2.05) is 12.1 Å². The van der Waals surface area contributed by atoms with Crippen LogP contribution in [0.3, 0.4) is 0 Å². The number of benzene rings is 1. The lowest BCUT2D eigenvalue weighted by Gasteiger charge is -2.12. The minimum absolute atomic E-state index is 0.0744. The van der Waals surface area contributed by atoms with Gasteiger partial charge in [-0.1, -0.05) is 49.7 Å². The van der Waals surface area contributed by atoms with E-state index < -0.39 is 0 Å². The molecule has 3 heteroatoms. The van der Waals surface area contributed by atoms with E-state index in [2.05, 4.69) is 38.1 Å². The van der Waals surface area contributed by atoms with Gasteiger partial charge in [-0.2, -0.15) is 0 Å². The van der Waals surface area contributed by atoms with E-state index in [1.165, 1.54) is 5.56 Å². The molecule has 1 aromatic carbocycles. The number of thiophene rings is 1. The van der Waals surface area contributed by atoms with Crippen LogP contribution in [-0.4, -0.2) is 0 Å². The molecule has 1 heterocycles. The Kier molecular flexibility index (Phi) is 4.44. The van der Waals surface area contributed by atoms with Gasteiger partial charge in [0, 0.05) is 4.88 Å². The van der Waals surface area contributed by atoms with Crippen molar-refractivity contribution in [3.63, 3.8) is 0 Å². The average molecular weight is 280 g/mol. The van der Waals surface area contributed by atoms with Crippen molar-refractivity contribution in [2.75, 3.05) is 0 Å². The van der Waals surface area contributed by atoms with Crippen LogP contribution in [0.5, 0.6) is 0 Å². The third kappa shape index (κ3) is 3.35. The van der Waals surface area contributed by atoms with Crippen LogP contribution in [0.2, 0.25) is 4.34 Å². The summed E-state index contributed by atoms with van der Waals surface area (Å²) in [6.07, 6.45) is 1.09. The molecular formula is C15H18ClNS. The van der Waals surface area contributed by atoms with Crippen LogP contribution in [0, 0.1) is 5.92 Å². The lowest BCUT2D eigenvalue weighted by molar-refractivity contribution is 0.646. The summed E-state index contributed by atoms with van der Waals surface area (Å²) < 4.78 is 0.791. The molecule has 2 N–H and O–H groups in total. The Morgan fingerprint density at radius 2 is 2.00 bits per heavy atom. The van der Waals surface area contributed by atoms with Crippen molar-refractivity contribution in [1.29, 1.82) is 0 Å². The second-order valence-corrected chi connectivity index (χ2v) is 6.71. The van der Waals surface area contributed by atoms with Crippen LogP contribution in [-0.2, 0) is 6.42 Å². The summed E-state index contributed by atoms with van der Waals surface area (Å²) in [6.45, 7) is 4.46. The predicted octanol–water partition coefficient (Wildman–Crippen LogP) is 4.65. The number of nitrogens with two attached hydrogens (primary N) is 1. The van der Waals surface area contributed by atoms with E-state index in [4.69, 9.17) is 17.3 Å². The van der Waals surface area contributed by atoms with Gasteiger partial charge in [0.05, 0.1) is 10.4 Å². The van der Waals surface area contributed by atoms with Gasteiger partial charge in [-0.25, -0.2) is 0 Å². The Morgan fingerprint density at radius 1 is 1.22 bits per heavy atom. The fourth-order valence-electron chi connectivity index (χ4n) is 2.04. The first-order chi connectivity index (χ1) is 8.56. The van der Waals surface area contributed by atoms with Gasteiger partial charge in [-0.05, 0) is 35.6 Å². The van der Waals surface area contributed by atoms with Gasteiger partial charge >= 0.3 is 0 Å². The summed E-state index contributed by atoms with van der Waals surface area (Å²) in [5, 5.41) is 0. The maximum Gasteiger partial charge on any atom is 0.0931 e. The highest BCUT2D eigenvalue weighted by Crippen LogP contribution is 2.29. The highest BCUT2D eigenvalue weighted by molar-refractivity contribution is 7.16. The smallest absolute Gasteiger partial charge is 0.0931 e. The highest BCUT2D eigenvalue weighted by Gasteiger charge is 2.11. The van der Waals surface area contributed by atoms with Crippen LogP contribution in [0.15, 0.2) is 36.4 Å². The first-order valence-corrected chi connectivity index (χ1v) is 7.35. The third-order valence-electron chi connectivity index (χ3n) is 2.85. The van der Waals surface area contributed by atoms with E-state index in [-0.39, 0.29) is 6.04 Å². The SMILES string of the molecule is CC(C)Cc1cccc(C(N)c2ccc(Cl)s2)c1. The van der Waals surface area contributed by atoms with Gasteiger partial charge in [0.2, 0.25) is 0 Å². The molecule has 0 aliphatic carbocycles. The zero-order chi connectivity index (χ0) is 13.1. The quantitative estimate of drug-likeness (QED) is 0.866. The molecule has 2 rings (SSSR count). The predicted molar refractivity (Wildman–Crippen MR) is 80.3 cm³/mol. The third-order valence-corrected chi connectivity index (χ3v) is 4.17. The molecule has 0 radical (unpaired) electrons. The standard InChI is InChI=1S/C15H18ClNS/c1-10(2)8-11-4-3-5-12(9-11)15(17)13-6-7-14(16)18-13/h3-7,9-10,15H,8,17H2,1-2H3. The molecule has 0 saturated carbocycles. The zero-order valence-corrected chi connectivity index (χ0v) is 12.3. The van der Waals surface area contributed by atoms with Gasteiger partial charge < -0.3 is 5.73 Å². The molecule has 0 bridgehead atoms. The van der Waals surface area contributed by atoms with Gasteiger partial charge in [0.25, 0.3) is 0 Å². The van der Waals surface area contributed by atoms with Gasteiger partial charge in [0.1, 0.15) is 0 Å². The summed E-state index contributed by atoms with van der Waals surface area (Å²) in [7, 11) is 0. The number of hydrogen-bond donors (Lipinski definition) is 1. The molecule has 1 aromatic heterocycles. The normalized spacial score (nSPS) is 12.9. The molecule has 1 nitrogen and oxygen atoms in total. The fourth-order valence-corrected chi connectivity index (χ4v) is 3.14. The molecular weight excluding hydrogens is 262 g/mol. The second kappa shape index (κ2) is 5.87. The van der Waals surface area contributed by atoms with E-state index >= 15 is 0 Å². The van der Waals surface area contributed by atoms with E-state index in [1.54, 1.807) is 11.3 Å². The van der Waals surface area contributed by atoms with Crippen LogP contribution in [0.25, 0.3) is 0 Å². The summed E-state index contributed by atoms with van der Waals surface area (Å²) >= 11 is 7.51. The van der Waals surface area contributed by atoms with Crippen LogP contribution >= 0.6 is 22.9 Å². The lowest BCUT2D eigenvalue weighted by atomic mass is 9.98. The minimum Gasteiger partial charge on any atom is -0.320 e. The average Bonchev–Trinajstić information content (AvgIpc) is 2.74. The van der Waals surface area contributed by atoms with Crippen molar-refractivity contribution < 1.29 is 0 Å². The van der Waals surface area contributed by atoms with E-state index in [0.717, 1.165) is 21.2 Å². The largest absolute Gasteiger partial charge is 0.320 e. The summed E-state index contributed by atoms with van der Waals surface area (Å²) in [6, 6.07) is 12.4. The van der Waals surface area contributed by atoms with Crippen LogP contribution in [0.4, 0.5) is 0 Å². The summed E-state index contributed by atoms with van der Waals surface area (Å²) in [4.78, 5) is 1.11. The fraction of sp³-hybridized carbons (Fsp3) is 0.333. The van der Waals surface area contributed by atoms with E-state index in [0.29, 0.717) is 5.92 Å². The minimum atomic E-state index is -0.0744. The maximum atomic E-state index is 6.28. The number of rotatable bonds is 4. The Balaban J connectivity index is 2.22. The second-order valence-electron chi connectivity index (χ2n) is 4.96. The summed E-state index contributed by atoms with van der Waals surface area (Å²) in [5.41, 5.74) is 8.79. The molecule has 1 atom stereocenters. The van der Waals surface area contributed by atoms with Crippen LogP contribution < -0.4 is 5.73 Å². The molecule has 0 aliphatic rings. The van der Waals surface area contributed by atoms with E-state index in [9.17, 15) is 0 Å². The molecule has 0 spiro atoms. The molecule has 0 aliphatic heterocycles. The maximum absolute atomic E-state index is 6.28. The molecule has 0 saturated heterocycles. The van der Waals surface area contributed by atoms with Gasteiger partial charge in [-0.3, -0.25) is 0 Å². The van der Waals surface area contributed by atoms with Gasteiger partial charge in [-0.15, -0.1) is 11.3 Å². The van der Waals surface area contributed by atoms with Crippen molar-refractivity contribution in [1.82, 2.24) is 0 Å². The Hall–Kier alpha value is -0.830. The number of hydrogen-bond acceptors (Lipinski definition) is 2. The van der Waals surface area contributed by atoms with Crippen molar-refractivity contribution in [2.24, 2.45) is 11.7 Å². The first kappa shape index (κ1) is 13.6. The lowest BCUT2D eigenvalue weighted by Crippen LogP contribution is -2.10. The molecule has 0 fully saturated rings.